The van der Waals surface area contributed by atoms with Crippen molar-refractivity contribution in [3.05, 3.63) is 28.8 Å². The Kier molecular flexibility index (Phi) is 12.9. The van der Waals surface area contributed by atoms with E-state index in [-0.39, 0.29) is 11.2 Å². The molecule has 0 atom stereocenters. The molecule has 0 aliphatic rings. The second-order valence-corrected chi connectivity index (χ2v) is 6.82. The Bertz CT molecular complexity index is 534. The molecule has 0 heterocycles. The largest absolute Gasteiger partial charge is 0.428 e. The highest BCUT2D eigenvalue weighted by atomic mass is 16.5. The van der Waals surface area contributed by atoms with Gasteiger partial charge >= 0.3 is 0 Å². The summed E-state index contributed by atoms with van der Waals surface area (Å²) in [5.74, 6) is 0.703. The Hall–Kier alpha value is -1.68. The number of nitrogens with one attached hydrogen (secondary N) is 1. The third-order valence-corrected chi connectivity index (χ3v) is 3.67. The average molecular weight is 352 g/mol. The van der Waals surface area contributed by atoms with E-state index in [0.29, 0.717) is 24.7 Å². The SMILES string of the molecule is CC.CC(=O)CC(C)(C)c1c(C)ccc(C)c1OC=O.CNC(C)C. The molecule has 0 spiro atoms. The first kappa shape index (κ1) is 25.6. The zero-order valence-corrected chi connectivity index (χ0v) is 17.7. The molecule has 1 rings (SSSR count). The minimum atomic E-state index is -0.347. The van der Waals surface area contributed by atoms with Crippen molar-refractivity contribution in [2.24, 2.45) is 0 Å². The van der Waals surface area contributed by atoms with Gasteiger partial charge in [0.05, 0.1) is 0 Å². The normalized spacial score (nSPS) is 10.2. The van der Waals surface area contributed by atoms with E-state index in [0.717, 1.165) is 16.7 Å². The number of benzene rings is 1. The maximum absolute atomic E-state index is 11.4. The fourth-order valence-electron chi connectivity index (χ4n) is 2.54. The molecule has 0 aliphatic carbocycles. The van der Waals surface area contributed by atoms with Crippen LogP contribution in [0.25, 0.3) is 0 Å². The van der Waals surface area contributed by atoms with Crippen LogP contribution in [0, 0.1) is 13.8 Å². The number of hydrogen-bond acceptors (Lipinski definition) is 4. The van der Waals surface area contributed by atoms with Gasteiger partial charge in [-0.2, -0.15) is 0 Å². The fourth-order valence-corrected chi connectivity index (χ4v) is 2.54. The van der Waals surface area contributed by atoms with E-state index in [4.69, 9.17) is 4.74 Å². The van der Waals surface area contributed by atoms with Gasteiger partial charge in [0.2, 0.25) is 0 Å². The standard InChI is InChI=1S/C15H20O3.C4H11N.C2H6/c1-10-6-7-11(2)14(18-9-16)13(10)15(4,5)8-12(3)17;1-4(2)5-3;1-2/h6-7,9H,8H2,1-5H3;4-5H,1-3H3;1-2H3. The molecule has 4 nitrogen and oxygen atoms in total. The summed E-state index contributed by atoms with van der Waals surface area (Å²) in [4.78, 5) is 22.0. The molecule has 0 unspecified atom stereocenters. The summed E-state index contributed by atoms with van der Waals surface area (Å²) in [7, 11) is 1.95. The molecule has 1 N–H and O–H groups in total. The lowest BCUT2D eigenvalue weighted by atomic mass is 9.77. The van der Waals surface area contributed by atoms with E-state index in [2.05, 4.69) is 19.2 Å². The lowest BCUT2D eigenvalue weighted by molar-refractivity contribution is -0.120. The first-order valence-corrected chi connectivity index (χ1v) is 8.94. The maximum Gasteiger partial charge on any atom is 0.298 e. The Labute approximate surface area is 154 Å². The second-order valence-electron chi connectivity index (χ2n) is 6.82. The molecule has 0 saturated heterocycles. The summed E-state index contributed by atoms with van der Waals surface area (Å²) in [5.41, 5.74) is 2.52. The zero-order valence-electron chi connectivity index (χ0n) is 17.7. The van der Waals surface area contributed by atoms with E-state index in [1.54, 1.807) is 6.92 Å². The van der Waals surface area contributed by atoms with Gasteiger partial charge in [-0.15, -0.1) is 0 Å². The van der Waals surface area contributed by atoms with Crippen LogP contribution in [0.5, 0.6) is 5.75 Å². The van der Waals surface area contributed by atoms with Crippen LogP contribution in [0.3, 0.4) is 0 Å². The average Bonchev–Trinajstić information content (AvgIpc) is 2.52. The number of aryl methyl sites for hydroxylation is 2. The molecule has 1 aromatic rings. The van der Waals surface area contributed by atoms with Crippen molar-refractivity contribution in [3.63, 3.8) is 0 Å². The van der Waals surface area contributed by atoms with Gasteiger partial charge in [-0.25, -0.2) is 0 Å². The molecule has 0 aromatic heterocycles. The quantitative estimate of drug-likeness (QED) is 0.752. The third kappa shape index (κ3) is 9.40. The van der Waals surface area contributed by atoms with Gasteiger partial charge in [-0.3, -0.25) is 9.59 Å². The van der Waals surface area contributed by atoms with Crippen molar-refractivity contribution in [2.75, 3.05) is 7.05 Å². The van der Waals surface area contributed by atoms with Gasteiger partial charge < -0.3 is 10.1 Å². The number of Topliss-reactive ketones (excluding diaryl/α,β-unsaturated/α-hetero) is 1. The third-order valence-electron chi connectivity index (χ3n) is 3.67. The van der Waals surface area contributed by atoms with Crippen molar-refractivity contribution in [1.82, 2.24) is 5.32 Å². The highest BCUT2D eigenvalue weighted by Gasteiger charge is 2.29. The van der Waals surface area contributed by atoms with Gasteiger partial charge in [0.1, 0.15) is 11.5 Å². The Balaban J connectivity index is 0. The van der Waals surface area contributed by atoms with Crippen molar-refractivity contribution >= 4 is 12.3 Å². The predicted octanol–water partition coefficient (Wildman–Crippen LogP) is 4.74. The van der Waals surface area contributed by atoms with Crippen LogP contribution in [0.2, 0.25) is 0 Å². The molecule has 0 fully saturated rings. The van der Waals surface area contributed by atoms with Crippen molar-refractivity contribution < 1.29 is 14.3 Å². The van der Waals surface area contributed by atoms with E-state index in [1.807, 2.05) is 60.7 Å². The van der Waals surface area contributed by atoms with Gasteiger partial charge in [-0.1, -0.05) is 53.7 Å². The second kappa shape index (κ2) is 12.6. The Morgan fingerprint density at radius 3 is 2.00 bits per heavy atom. The first-order valence-electron chi connectivity index (χ1n) is 8.94. The topological polar surface area (TPSA) is 55.4 Å². The van der Waals surface area contributed by atoms with Crippen LogP contribution in [0.4, 0.5) is 0 Å². The van der Waals surface area contributed by atoms with E-state index >= 15 is 0 Å². The van der Waals surface area contributed by atoms with Crippen LogP contribution >= 0.6 is 0 Å². The van der Waals surface area contributed by atoms with Crippen molar-refractivity contribution in [2.45, 2.75) is 80.2 Å². The molecule has 0 aliphatic heterocycles. The molecule has 0 radical (unpaired) electrons. The lowest BCUT2D eigenvalue weighted by Gasteiger charge is -2.28. The lowest BCUT2D eigenvalue weighted by Crippen LogP contribution is -2.23. The maximum atomic E-state index is 11.4. The smallest absolute Gasteiger partial charge is 0.298 e. The van der Waals surface area contributed by atoms with Crippen LogP contribution in [-0.4, -0.2) is 25.3 Å². The molecule has 4 heteroatoms. The van der Waals surface area contributed by atoms with Gasteiger partial charge in [0.25, 0.3) is 6.47 Å². The summed E-state index contributed by atoms with van der Waals surface area (Å²) in [6.07, 6.45) is 0.423. The molecule has 1 aromatic carbocycles. The molecular formula is C21H37NO3. The number of carbonyl (C=O) groups excluding carboxylic acids is 2. The van der Waals surface area contributed by atoms with E-state index < -0.39 is 0 Å². The summed E-state index contributed by atoms with van der Waals surface area (Å²) in [5, 5.41) is 3.03. The molecular weight excluding hydrogens is 314 g/mol. The first-order chi connectivity index (χ1) is 11.6. The summed E-state index contributed by atoms with van der Waals surface area (Å²) in [6, 6.07) is 4.54. The number of carbonyl (C=O) groups is 2. The fraction of sp³-hybridized carbons (Fsp3) is 0.619. The minimum Gasteiger partial charge on any atom is -0.428 e. The molecule has 0 bridgehead atoms. The molecule has 0 saturated carbocycles. The highest BCUT2D eigenvalue weighted by molar-refractivity contribution is 5.77. The Morgan fingerprint density at radius 1 is 1.20 bits per heavy atom. The summed E-state index contributed by atoms with van der Waals surface area (Å²) in [6.45, 7) is 18.1. The minimum absolute atomic E-state index is 0.123. The van der Waals surface area contributed by atoms with Gasteiger partial charge in [0, 0.05) is 23.4 Å². The van der Waals surface area contributed by atoms with Crippen molar-refractivity contribution in [3.8, 4) is 5.75 Å². The van der Waals surface area contributed by atoms with E-state index in [1.165, 1.54) is 0 Å². The number of ketones is 1. The van der Waals surface area contributed by atoms with Crippen LogP contribution in [0.15, 0.2) is 12.1 Å². The highest BCUT2D eigenvalue weighted by Crippen LogP contribution is 2.38. The van der Waals surface area contributed by atoms with Crippen LogP contribution < -0.4 is 10.1 Å². The van der Waals surface area contributed by atoms with Gasteiger partial charge in [-0.05, 0) is 38.9 Å². The molecule has 0 amide bonds. The monoisotopic (exact) mass is 351 g/mol. The Morgan fingerprint density at radius 2 is 1.64 bits per heavy atom. The summed E-state index contributed by atoms with van der Waals surface area (Å²) < 4.78 is 5.12. The molecule has 25 heavy (non-hydrogen) atoms. The van der Waals surface area contributed by atoms with Crippen molar-refractivity contribution in [1.29, 1.82) is 0 Å². The summed E-state index contributed by atoms with van der Waals surface area (Å²) >= 11 is 0. The number of hydrogen-bond donors (Lipinski definition) is 1. The van der Waals surface area contributed by atoms with Crippen LogP contribution in [0.1, 0.15) is 71.6 Å². The molecule has 144 valence electrons. The number of rotatable bonds is 6. The van der Waals surface area contributed by atoms with Gasteiger partial charge in [0.15, 0.2) is 0 Å². The van der Waals surface area contributed by atoms with Crippen LogP contribution in [-0.2, 0) is 15.0 Å². The predicted molar refractivity (Wildman–Crippen MR) is 106 cm³/mol. The number of ether oxygens (including phenoxy) is 1. The van der Waals surface area contributed by atoms with E-state index in [9.17, 15) is 9.59 Å². The zero-order chi connectivity index (χ0) is 20.2.